The summed E-state index contributed by atoms with van der Waals surface area (Å²) >= 11 is 0. The van der Waals surface area contributed by atoms with Crippen LogP contribution in [0.2, 0.25) is 0 Å². The Morgan fingerprint density at radius 3 is 2.57 bits per heavy atom. The van der Waals surface area contributed by atoms with E-state index in [1.54, 1.807) is 36.5 Å². The lowest BCUT2D eigenvalue weighted by atomic mass is 10.1. The molecule has 1 aromatic carbocycles. The molecule has 0 unspecified atom stereocenters. The minimum absolute atomic E-state index is 0.0993. The molecular formula is C17H19N3O3. The highest BCUT2D eigenvalue weighted by atomic mass is 16.4. The third-order valence-corrected chi connectivity index (χ3v) is 4.06. The molecular weight excluding hydrogens is 294 g/mol. The smallest absolute Gasteiger partial charge is 0.308 e. The molecule has 1 aliphatic rings. The van der Waals surface area contributed by atoms with Crippen LogP contribution in [0.25, 0.3) is 5.69 Å². The number of amides is 1. The van der Waals surface area contributed by atoms with Gasteiger partial charge in [0.15, 0.2) is 0 Å². The van der Waals surface area contributed by atoms with Gasteiger partial charge >= 0.3 is 5.97 Å². The number of nitrogens with zero attached hydrogens (tertiary/aromatic N) is 3. The lowest BCUT2D eigenvalue weighted by Gasteiger charge is -2.24. The van der Waals surface area contributed by atoms with Crippen molar-refractivity contribution in [1.82, 2.24) is 14.5 Å². The van der Waals surface area contributed by atoms with Gasteiger partial charge in [0, 0.05) is 36.2 Å². The zero-order valence-electron chi connectivity index (χ0n) is 12.9. The van der Waals surface area contributed by atoms with Gasteiger partial charge in [-0.25, -0.2) is 4.98 Å². The van der Waals surface area contributed by atoms with Crippen LogP contribution in [-0.2, 0) is 4.79 Å². The number of hydrogen-bond acceptors (Lipinski definition) is 3. The van der Waals surface area contributed by atoms with Crippen molar-refractivity contribution in [3.05, 3.63) is 48.5 Å². The number of aromatic nitrogens is 2. The van der Waals surface area contributed by atoms with Crippen LogP contribution in [0.4, 0.5) is 0 Å². The zero-order valence-corrected chi connectivity index (χ0v) is 12.9. The monoisotopic (exact) mass is 313 g/mol. The van der Waals surface area contributed by atoms with Crippen LogP contribution in [0.3, 0.4) is 0 Å². The second kappa shape index (κ2) is 6.24. The molecule has 0 aliphatic heterocycles. The molecule has 0 spiro atoms. The molecule has 1 aromatic heterocycles. The molecule has 6 nitrogen and oxygen atoms in total. The predicted molar refractivity (Wildman–Crippen MR) is 84.4 cm³/mol. The fourth-order valence-electron chi connectivity index (χ4n) is 2.51. The minimum atomic E-state index is -0.876. The van der Waals surface area contributed by atoms with Crippen molar-refractivity contribution in [2.75, 3.05) is 6.54 Å². The first-order chi connectivity index (χ1) is 11.1. The van der Waals surface area contributed by atoms with Gasteiger partial charge in [-0.1, -0.05) is 6.92 Å². The first-order valence-corrected chi connectivity index (χ1v) is 7.68. The number of hydrogen-bond donors (Lipinski definition) is 1. The van der Waals surface area contributed by atoms with E-state index in [1.165, 1.54) is 0 Å². The number of aliphatic carboxylic acids is 1. The van der Waals surface area contributed by atoms with Gasteiger partial charge in [0.25, 0.3) is 5.91 Å². The van der Waals surface area contributed by atoms with E-state index in [4.69, 9.17) is 5.11 Å². The standard InChI is InChI=1S/C17H19N3O3/c1-12(17(22)23)10-20(15-6-7-15)16(21)13-2-4-14(5-3-13)19-9-8-18-11-19/h2-5,8-9,11-12,15H,6-7,10H2,1H3,(H,22,23)/t12-/m0/s1. The molecule has 1 atom stereocenters. The zero-order chi connectivity index (χ0) is 16.4. The van der Waals surface area contributed by atoms with Gasteiger partial charge in [0.05, 0.1) is 12.2 Å². The van der Waals surface area contributed by atoms with Crippen molar-refractivity contribution >= 4 is 11.9 Å². The summed E-state index contributed by atoms with van der Waals surface area (Å²) in [4.78, 5) is 29.5. The van der Waals surface area contributed by atoms with Gasteiger partial charge in [-0.15, -0.1) is 0 Å². The maximum atomic E-state index is 12.7. The van der Waals surface area contributed by atoms with Gasteiger partial charge < -0.3 is 14.6 Å². The summed E-state index contributed by atoms with van der Waals surface area (Å²) < 4.78 is 1.86. The van der Waals surface area contributed by atoms with Crippen LogP contribution in [0, 0.1) is 5.92 Å². The van der Waals surface area contributed by atoms with Crippen molar-refractivity contribution in [2.45, 2.75) is 25.8 Å². The van der Waals surface area contributed by atoms with Crippen molar-refractivity contribution < 1.29 is 14.7 Å². The maximum absolute atomic E-state index is 12.7. The van der Waals surface area contributed by atoms with Crippen molar-refractivity contribution in [3.8, 4) is 5.69 Å². The summed E-state index contributed by atoms with van der Waals surface area (Å²) in [6.07, 6.45) is 7.13. The van der Waals surface area contributed by atoms with E-state index in [9.17, 15) is 9.59 Å². The van der Waals surface area contributed by atoms with Crippen molar-refractivity contribution in [1.29, 1.82) is 0 Å². The number of benzene rings is 1. The number of imidazole rings is 1. The highest BCUT2D eigenvalue weighted by Crippen LogP contribution is 2.29. The fourth-order valence-corrected chi connectivity index (χ4v) is 2.51. The molecule has 2 aromatic rings. The lowest BCUT2D eigenvalue weighted by molar-refractivity contribution is -0.141. The van der Waals surface area contributed by atoms with Crippen LogP contribution >= 0.6 is 0 Å². The van der Waals surface area contributed by atoms with E-state index in [1.807, 2.05) is 22.9 Å². The van der Waals surface area contributed by atoms with Crippen LogP contribution in [0.15, 0.2) is 43.0 Å². The first kappa shape index (κ1) is 15.3. The summed E-state index contributed by atoms with van der Waals surface area (Å²) in [5.41, 5.74) is 1.51. The molecule has 1 N–H and O–H groups in total. The van der Waals surface area contributed by atoms with Crippen molar-refractivity contribution in [3.63, 3.8) is 0 Å². The second-order valence-electron chi connectivity index (χ2n) is 5.94. The quantitative estimate of drug-likeness (QED) is 0.887. The Hall–Kier alpha value is -2.63. The number of rotatable bonds is 6. The van der Waals surface area contributed by atoms with Gasteiger partial charge in [-0.2, -0.15) is 0 Å². The molecule has 23 heavy (non-hydrogen) atoms. The topological polar surface area (TPSA) is 75.4 Å². The van der Waals surface area contributed by atoms with Crippen LogP contribution in [0.1, 0.15) is 30.1 Å². The molecule has 1 saturated carbocycles. The highest BCUT2D eigenvalue weighted by molar-refractivity contribution is 5.95. The fraction of sp³-hybridized carbons (Fsp3) is 0.353. The molecule has 0 radical (unpaired) electrons. The number of carbonyl (C=O) groups is 2. The van der Waals surface area contributed by atoms with Crippen LogP contribution < -0.4 is 0 Å². The summed E-state index contributed by atoms with van der Waals surface area (Å²) in [6, 6.07) is 7.45. The Kier molecular flexibility index (Phi) is 4.14. The van der Waals surface area contributed by atoms with E-state index in [-0.39, 0.29) is 18.5 Å². The van der Waals surface area contributed by atoms with Gasteiger partial charge in [0.1, 0.15) is 0 Å². The average Bonchev–Trinajstić information content (AvgIpc) is 3.25. The Labute approximate surface area is 134 Å². The van der Waals surface area contributed by atoms with Crippen LogP contribution in [0.5, 0.6) is 0 Å². The molecule has 0 saturated heterocycles. The summed E-state index contributed by atoms with van der Waals surface area (Å²) in [5.74, 6) is -1.54. The predicted octanol–water partition coefficient (Wildman–Crippen LogP) is 2.20. The van der Waals surface area contributed by atoms with Crippen LogP contribution in [-0.4, -0.2) is 44.0 Å². The van der Waals surface area contributed by atoms with Gasteiger partial charge in [-0.3, -0.25) is 9.59 Å². The minimum Gasteiger partial charge on any atom is -0.481 e. The third-order valence-electron chi connectivity index (χ3n) is 4.06. The van der Waals surface area contributed by atoms with E-state index in [0.717, 1.165) is 18.5 Å². The Morgan fingerprint density at radius 1 is 1.35 bits per heavy atom. The van der Waals surface area contributed by atoms with E-state index >= 15 is 0 Å². The molecule has 1 aliphatic carbocycles. The maximum Gasteiger partial charge on any atom is 0.308 e. The largest absolute Gasteiger partial charge is 0.481 e. The lowest BCUT2D eigenvalue weighted by Crippen LogP contribution is -2.38. The van der Waals surface area contributed by atoms with E-state index < -0.39 is 11.9 Å². The van der Waals surface area contributed by atoms with E-state index in [2.05, 4.69) is 4.98 Å². The van der Waals surface area contributed by atoms with Gasteiger partial charge in [-0.05, 0) is 37.1 Å². The molecule has 3 rings (SSSR count). The number of carbonyl (C=O) groups excluding carboxylic acids is 1. The Morgan fingerprint density at radius 2 is 2.04 bits per heavy atom. The Balaban J connectivity index is 1.76. The van der Waals surface area contributed by atoms with Gasteiger partial charge in [0.2, 0.25) is 0 Å². The summed E-state index contributed by atoms with van der Waals surface area (Å²) in [7, 11) is 0. The normalized spacial score (nSPS) is 15.2. The van der Waals surface area contributed by atoms with E-state index in [0.29, 0.717) is 5.56 Å². The average molecular weight is 313 g/mol. The molecule has 1 amide bonds. The molecule has 1 fully saturated rings. The second-order valence-corrected chi connectivity index (χ2v) is 5.94. The summed E-state index contributed by atoms with van der Waals surface area (Å²) in [6.45, 7) is 1.88. The molecule has 6 heteroatoms. The molecule has 120 valence electrons. The molecule has 1 heterocycles. The molecule has 0 bridgehead atoms. The Bertz CT molecular complexity index is 690. The first-order valence-electron chi connectivity index (χ1n) is 7.68. The highest BCUT2D eigenvalue weighted by Gasteiger charge is 2.34. The number of carboxylic acid groups (broad SMARTS) is 1. The third kappa shape index (κ3) is 3.41. The SMILES string of the molecule is C[C@@H](CN(C(=O)c1ccc(-n2ccnc2)cc1)C1CC1)C(=O)O. The van der Waals surface area contributed by atoms with Crippen molar-refractivity contribution in [2.24, 2.45) is 5.92 Å². The summed E-state index contributed by atoms with van der Waals surface area (Å²) in [5, 5.41) is 9.08. The number of carboxylic acids is 1.